The van der Waals surface area contributed by atoms with Crippen LogP contribution in [0.15, 0.2) is 24.3 Å². The lowest BCUT2D eigenvalue weighted by Crippen LogP contribution is -2.08. The van der Waals surface area contributed by atoms with Crippen molar-refractivity contribution >= 4 is 0 Å². The number of benzene rings is 1. The molecule has 3 heteroatoms. The number of rotatable bonds is 6. The largest absolute Gasteiger partial charge is 0.466 e. The van der Waals surface area contributed by atoms with E-state index < -0.39 is 0 Å². The fourth-order valence-electron chi connectivity index (χ4n) is 1.02. The highest BCUT2D eigenvalue weighted by Crippen LogP contribution is 2.16. The van der Waals surface area contributed by atoms with E-state index in [1.165, 1.54) is 0 Å². The van der Waals surface area contributed by atoms with E-state index in [9.17, 15) is 0 Å². The molecule has 1 aromatic carbocycles. The summed E-state index contributed by atoms with van der Waals surface area (Å²) in [6, 6.07) is 7.37. The van der Waals surface area contributed by atoms with Gasteiger partial charge in [0.15, 0.2) is 6.79 Å². The molecular weight excluding hydrogens is 192 g/mol. The van der Waals surface area contributed by atoms with Gasteiger partial charge < -0.3 is 14.2 Å². The molecule has 1 rings (SSSR count). The number of methoxy groups -OCH3 is 1. The Morgan fingerprint density at radius 1 is 1.27 bits per heavy atom. The predicted octanol–water partition coefficient (Wildman–Crippen LogP) is 1.67. The molecule has 0 atom stereocenters. The van der Waals surface area contributed by atoms with E-state index in [0.29, 0.717) is 19.0 Å². The average molecular weight is 206 g/mol. The minimum Gasteiger partial charge on any atom is -0.466 e. The Morgan fingerprint density at radius 3 is 2.80 bits per heavy atom. The van der Waals surface area contributed by atoms with Crippen LogP contribution in [0.4, 0.5) is 0 Å². The number of hydrogen-bond donors (Lipinski definition) is 0. The van der Waals surface area contributed by atoms with Gasteiger partial charge in [0.25, 0.3) is 0 Å². The maximum Gasteiger partial charge on any atom is 0.189 e. The van der Waals surface area contributed by atoms with E-state index >= 15 is 0 Å². The summed E-state index contributed by atoms with van der Waals surface area (Å²) in [4.78, 5) is 0. The van der Waals surface area contributed by atoms with Crippen LogP contribution in [0.3, 0.4) is 0 Å². The topological polar surface area (TPSA) is 27.7 Å². The Morgan fingerprint density at radius 2 is 2.07 bits per heavy atom. The molecule has 0 bridgehead atoms. The van der Waals surface area contributed by atoms with E-state index in [1.54, 1.807) is 7.11 Å². The molecule has 0 fully saturated rings. The van der Waals surface area contributed by atoms with Gasteiger partial charge in [-0.15, -0.1) is 6.42 Å². The molecule has 80 valence electrons. The first kappa shape index (κ1) is 11.6. The highest BCUT2D eigenvalue weighted by Gasteiger charge is 1.98. The summed E-state index contributed by atoms with van der Waals surface area (Å²) in [5, 5.41) is 0. The van der Waals surface area contributed by atoms with Crippen LogP contribution in [-0.4, -0.2) is 27.1 Å². The lowest BCUT2D eigenvalue weighted by atomic mass is 10.2. The van der Waals surface area contributed by atoms with Crippen molar-refractivity contribution in [2.75, 3.05) is 27.1 Å². The lowest BCUT2D eigenvalue weighted by Gasteiger charge is -2.08. The molecular formula is C12H14O3. The smallest absolute Gasteiger partial charge is 0.189 e. The van der Waals surface area contributed by atoms with Crippen LogP contribution in [0.25, 0.3) is 0 Å². The second-order valence-corrected chi connectivity index (χ2v) is 2.80. The summed E-state index contributed by atoms with van der Waals surface area (Å²) >= 11 is 0. The third kappa shape index (κ3) is 4.03. The molecule has 0 aliphatic rings. The summed E-state index contributed by atoms with van der Waals surface area (Å²) in [5.41, 5.74) is 0.729. The first-order valence-corrected chi connectivity index (χ1v) is 4.63. The van der Waals surface area contributed by atoms with Gasteiger partial charge >= 0.3 is 0 Å². The van der Waals surface area contributed by atoms with Crippen molar-refractivity contribution in [1.29, 1.82) is 0 Å². The monoisotopic (exact) mass is 206 g/mol. The highest BCUT2D eigenvalue weighted by atomic mass is 16.7. The fourth-order valence-corrected chi connectivity index (χ4v) is 1.02. The molecule has 0 radical (unpaired) electrons. The zero-order valence-corrected chi connectivity index (χ0v) is 8.73. The van der Waals surface area contributed by atoms with Gasteiger partial charge in [-0.1, -0.05) is 18.1 Å². The zero-order valence-electron chi connectivity index (χ0n) is 8.73. The Labute approximate surface area is 90.0 Å². The van der Waals surface area contributed by atoms with Crippen LogP contribution in [-0.2, 0) is 9.47 Å². The van der Waals surface area contributed by atoms with Crippen LogP contribution in [0.1, 0.15) is 5.56 Å². The van der Waals surface area contributed by atoms with Crippen LogP contribution >= 0.6 is 0 Å². The van der Waals surface area contributed by atoms with Gasteiger partial charge in [0, 0.05) is 7.11 Å². The number of ether oxygens (including phenoxy) is 3. The zero-order chi connectivity index (χ0) is 10.9. The molecule has 0 saturated heterocycles. The summed E-state index contributed by atoms with van der Waals surface area (Å²) in [6.45, 7) is 1.25. The maximum atomic E-state index is 5.35. The predicted molar refractivity (Wildman–Crippen MR) is 57.7 cm³/mol. The first-order valence-electron chi connectivity index (χ1n) is 4.63. The number of terminal acetylenes is 1. The van der Waals surface area contributed by atoms with Gasteiger partial charge in [-0.3, -0.25) is 0 Å². The molecule has 3 nitrogen and oxygen atoms in total. The molecule has 0 N–H and O–H groups in total. The van der Waals surface area contributed by atoms with Crippen molar-refractivity contribution in [3.05, 3.63) is 29.8 Å². The van der Waals surface area contributed by atoms with E-state index in [-0.39, 0.29) is 6.79 Å². The van der Waals surface area contributed by atoms with Crippen molar-refractivity contribution in [3.8, 4) is 18.1 Å². The summed E-state index contributed by atoms with van der Waals surface area (Å²) in [7, 11) is 1.62. The fraction of sp³-hybridized carbons (Fsp3) is 0.333. The quantitative estimate of drug-likeness (QED) is 0.402. The van der Waals surface area contributed by atoms with Gasteiger partial charge in [-0.2, -0.15) is 0 Å². The van der Waals surface area contributed by atoms with Crippen molar-refractivity contribution in [3.63, 3.8) is 0 Å². The highest BCUT2D eigenvalue weighted by molar-refractivity contribution is 5.44. The van der Waals surface area contributed by atoms with Crippen molar-refractivity contribution in [2.24, 2.45) is 0 Å². The SMILES string of the molecule is C#Cc1ccccc1OCOCCOC. The number of hydrogen-bond acceptors (Lipinski definition) is 3. The Balaban J connectivity index is 2.34. The number of para-hydroxylation sites is 1. The summed E-state index contributed by atoms with van der Waals surface area (Å²) in [5.74, 6) is 3.21. The normalized spacial score (nSPS) is 9.60. The molecule has 0 aliphatic heterocycles. The molecule has 0 spiro atoms. The second kappa shape index (κ2) is 6.88. The Kier molecular flexibility index (Phi) is 5.31. The van der Waals surface area contributed by atoms with E-state index in [1.807, 2.05) is 24.3 Å². The van der Waals surface area contributed by atoms with Crippen molar-refractivity contribution in [1.82, 2.24) is 0 Å². The average Bonchev–Trinajstić information content (AvgIpc) is 2.29. The minimum atomic E-state index is 0.183. The molecule has 15 heavy (non-hydrogen) atoms. The second-order valence-electron chi connectivity index (χ2n) is 2.80. The maximum absolute atomic E-state index is 5.35. The third-order valence-electron chi connectivity index (χ3n) is 1.77. The molecule has 1 aromatic rings. The molecule has 0 aliphatic carbocycles. The summed E-state index contributed by atoms with van der Waals surface area (Å²) < 4.78 is 15.3. The van der Waals surface area contributed by atoms with Crippen LogP contribution in [0.5, 0.6) is 5.75 Å². The molecule has 0 aromatic heterocycles. The van der Waals surface area contributed by atoms with Crippen LogP contribution in [0.2, 0.25) is 0 Å². The first-order chi connectivity index (χ1) is 7.38. The van der Waals surface area contributed by atoms with E-state index in [4.69, 9.17) is 20.6 Å². The summed E-state index contributed by atoms with van der Waals surface area (Å²) in [6.07, 6.45) is 5.31. The van der Waals surface area contributed by atoms with Gasteiger partial charge in [0.1, 0.15) is 5.75 Å². The van der Waals surface area contributed by atoms with Gasteiger partial charge in [-0.05, 0) is 12.1 Å². The van der Waals surface area contributed by atoms with Gasteiger partial charge in [0.2, 0.25) is 0 Å². The van der Waals surface area contributed by atoms with E-state index in [0.717, 1.165) is 5.56 Å². The van der Waals surface area contributed by atoms with Gasteiger partial charge in [-0.25, -0.2) is 0 Å². The third-order valence-corrected chi connectivity index (χ3v) is 1.77. The molecule has 0 saturated carbocycles. The van der Waals surface area contributed by atoms with E-state index in [2.05, 4.69) is 5.92 Å². The Hall–Kier alpha value is -1.50. The van der Waals surface area contributed by atoms with Gasteiger partial charge in [0.05, 0.1) is 18.8 Å². The lowest BCUT2D eigenvalue weighted by molar-refractivity contribution is -0.00858. The van der Waals surface area contributed by atoms with Crippen LogP contribution in [0, 0.1) is 12.3 Å². The van der Waals surface area contributed by atoms with Crippen molar-refractivity contribution < 1.29 is 14.2 Å². The molecule has 0 amide bonds. The Bertz CT molecular complexity index is 328. The van der Waals surface area contributed by atoms with Crippen molar-refractivity contribution in [2.45, 2.75) is 0 Å². The standard InChI is InChI=1S/C12H14O3/c1-3-11-6-4-5-7-12(11)15-10-14-9-8-13-2/h1,4-7H,8-10H2,2H3. The molecule has 0 unspecified atom stereocenters. The minimum absolute atomic E-state index is 0.183. The van der Waals surface area contributed by atoms with Crippen LogP contribution < -0.4 is 4.74 Å². The molecule has 0 heterocycles.